The van der Waals surface area contributed by atoms with Gasteiger partial charge >= 0.3 is 0 Å². The molecule has 0 bridgehead atoms. The Bertz CT molecular complexity index is 221. The second-order valence-corrected chi connectivity index (χ2v) is 1.14. The molecular formula is CH2N6. The van der Waals surface area contributed by atoms with Gasteiger partial charge in [-0.3, -0.25) is 0 Å². The molecule has 36 valence electrons. The van der Waals surface area contributed by atoms with Crippen LogP contribution in [0.2, 0.25) is 0 Å². The standard InChI is InChI=1S/CH2N6/c1-2-3-4-7-5-6(1)7/h1,5H. The van der Waals surface area contributed by atoms with E-state index in [4.69, 9.17) is 0 Å². The average molecular weight is 98.1 g/mol. The van der Waals surface area contributed by atoms with Crippen molar-refractivity contribution in [1.82, 2.24) is 30.1 Å². The predicted octanol–water partition coefficient (Wildman–Crippen LogP) is -1.45. The Morgan fingerprint density at radius 2 is 2.57 bits per heavy atom. The third-order valence-corrected chi connectivity index (χ3v) is 0.694. The number of nitrogens with one attached hydrogen (secondary N) is 1. The molecule has 0 unspecified atom stereocenters. The molecule has 7 heavy (non-hydrogen) atoms. The number of rotatable bonds is 0. The lowest BCUT2D eigenvalue weighted by Gasteiger charge is -1.66. The number of nitrogens with zero attached hydrogens (tertiary/aromatic N) is 5. The van der Waals surface area contributed by atoms with Crippen molar-refractivity contribution < 1.29 is 0 Å². The quantitative estimate of drug-likeness (QED) is 0.438. The van der Waals surface area contributed by atoms with E-state index >= 15 is 0 Å². The van der Waals surface area contributed by atoms with Crippen LogP contribution in [0, 0.1) is 0 Å². The van der Waals surface area contributed by atoms with Gasteiger partial charge in [0, 0.05) is 0 Å². The van der Waals surface area contributed by atoms with E-state index in [0.717, 1.165) is 0 Å². The summed E-state index contributed by atoms with van der Waals surface area (Å²) in [5.41, 5.74) is 0. The summed E-state index contributed by atoms with van der Waals surface area (Å²) in [5, 5.41) is 12.9. The van der Waals surface area contributed by atoms with Crippen molar-refractivity contribution in [2.24, 2.45) is 0 Å². The number of hydrogen-bond donors (Lipinski definition) is 1. The summed E-state index contributed by atoms with van der Waals surface area (Å²) in [5.74, 6) is 0. The molecule has 0 amide bonds. The summed E-state index contributed by atoms with van der Waals surface area (Å²) in [4.78, 5) is 0. The van der Waals surface area contributed by atoms with E-state index in [2.05, 4.69) is 20.7 Å². The molecule has 0 fully saturated rings. The Kier molecular flexibility index (Phi) is 0.267. The van der Waals surface area contributed by atoms with Crippen molar-refractivity contribution in [3.63, 3.8) is 0 Å². The molecule has 0 aliphatic rings. The van der Waals surface area contributed by atoms with Gasteiger partial charge < -0.3 is 0 Å². The molecule has 0 atom stereocenters. The first kappa shape index (κ1) is 2.78. The molecule has 0 saturated carbocycles. The summed E-state index contributed by atoms with van der Waals surface area (Å²) < 4.78 is 3.04. The minimum atomic E-state index is 1.45. The molecule has 0 saturated heterocycles. The maximum Gasteiger partial charge on any atom is 0.163 e. The van der Waals surface area contributed by atoms with Gasteiger partial charge in [-0.2, -0.15) is 5.21 Å². The van der Waals surface area contributed by atoms with Gasteiger partial charge in [0.25, 0.3) is 0 Å². The zero-order chi connectivity index (χ0) is 4.69. The molecular weight excluding hydrogens is 96.1 g/mol. The molecule has 0 radical (unpaired) electrons. The van der Waals surface area contributed by atoms with Gasteiger partial charge in [0.05, 0.1) is 0 Å². The number of H-pyrrole nitrogens is 1. The third-order valence-electron chi connectivity index (χ3n) is 0.694. The van der Waals surface area contributed by atoms with E-state index in [9.17, 15) is 0 Å². The van der Waals surface area contributed by atoms with Crippen molar-refractivity contribution in [3.8, 4) is 0 Å². The lowest BCUT2D eigenvalue weighted by molar-refractivity contribution is 0.672. The molecule has 0 aromatic carbocycles. The second-order valence-electron chi connectivity index (χ2n) is 1.14. The largest absolute Gasteiger partial charge is 0.176 e. The topological polar surface area (TPSA) is 63.3 Å². The van der Waals surface area contributed by atoms with Crippen LogP contribution in [0.4, 0.5) is 0 Å². The first-order valence-electron chi connectivity index (χ1n) is 1.76. The van der Waals surface area contributed by atoms with Crippen LogP contribution in [0.5, 0.6) is 0 Å². The zero-order valence-corrected chi connectivity index (χ0v) is 3.31. The lowest BCUT2D eigenvalue weighted by atomic mass is 11.4. The fourth-order valence-electron chi connectivity index (χ4n) is 0.342. The Morgan fingerprint density at radius 1 is 1.57 bits per heavy atom. The van der Waals surface area contributed by atoms with Gasteiger partial charge in [0.2, 0.25) is 0 Å². The molecule has 2 aromatic rings. The highest BCUT2D eigenvalue weighted by Gasteiger charge is 1.91. The van der Waals surface area contributed by atoms with Crippen molar-refractivity contribution in [1.29, 1.82) is 0 Å². The van der Waals surface area contributed by atoms with Crippen LogP contribution in [0.15, 0.2) is 6.33 Å². The molecule has 6 heteroatoms. The van der Waals surface area contributed by atoms with Crippen LogP contribution in [0.25, 0.3) is 0 Å². The van der Waals surface area contributed by atoms with E-state index in [-0.39, 0.29) is 0 Å². The first-order valence-corrected chi connectivity index (χ1v) is 1.76. The summed E-state index contributed by atoms with van der Waals surface area (Å²) in [7, 11) is 0. The highest BCUT2D eigenvalue weighted by molar-refractivity contribution is 4.40. The summed E-state index contributed by atoms with van der Waals surface area (Å²) >= 11 is 0. The van der Waals surface area contributed by atoms with Gasteiger partial charge in [0.15, 0.2) is 6.33 Å². The molecule has 0 aliphatic heterocycles. The Balaban J connectivity index is 2.92. The highest BCUT2D eigenvalue weighted by atomic mass is 15.9. The maximum atomic E-state index is 3.48. The zero-order valence-electron chi connectivity index (χ0n) is 3.31. The molecule has 0 spiro atoms. The smallest absolute Gasteiger partial charge is 0.163 e. The fourth-order valence-corrected chi connectivity index (χ4v) is 0.342. The molecule has 2 aromatic heterocycles. The van der Waals surface area contributed by atoms with E-state index < -0.39 is 0 Å². The number of hydrogen-bond acceptors (Lipinski definition) is 3. The van der Waals surface area contributed by atoms with Gasteiger partial charge in [-0.05, 0) is 15.2 Å². The fraction of sp³-hybridized carbons (Fsp3) is 0. The van der Waals surface area contributed by atoms with Crippen LogP contribution in [-0.2, 0) is 0 Å². The maximum absolute atomic E-state index is 3.48. The SMILES string of the molecule is c1nnnn2[nH]n12. The number of aromatic nitrogens is 6. The van der Waals surface area contributed by atoms with Gasteiger partial charge in [0.1, 0.15) is 0 Å². The Labute approximate surface area is 37.7 Å². The first-order chi connectivity index (χ1) is 3.47. The summed E-state index contributed by atoms with van der Waals surface area (Å²) in [6.45, 7) is 0. The van der Waals surface area contributed by atoms with Crippen LogP contribution in [0.1, 0.15) is 0 Å². The third kappa shape index (κ3) is 0.244. The summed E-state index contributed by atoms with van der Waals surface area (Å²) in [6, 6.07) is 0. The molecule has 2 heterocycles. The van der Waals surface area contributed by atoms with Gasteiger partial charge in [-0.15, -0.1) is 9.73 Å². The van der Waals surface area contributed by atoms with Crippen LogP contribution < -0.4 is 0 Å². The monoisotopic (exact) mass is 98.0 g/mol. The molecule has 1 N–H and O–H groups in total. The van der Waals surface area contributed by atoms with E-state index in [0.29, 0.717) is 0 Å². The average Bonchev–Trinajstić information content (AvgIpc) is 2.41. The lowest BCUT2D eigenvalue weighted by Crippen LogP contribution is -1.90. The number of aromatic amines is 1. The minimum Gasteiger partial charge on any atom is -0.176 e. The van der Waals surface area contributed by atoms with E-state index in [1.165, 1.54) is 11.1 Å². The van der Waals surface area contributed by atoms with E-state index in [1.807, 2.05) is 0 Å². The van der Waals surface area contributed by atoms with Gasteiger partial charge in [-0.25, -0.2) is 0 Å². The van der Waals surface area contributed by atoms with Crippen molar-refractivity contribution in [3.05, 3.63) is 6.33 Å². The van der Waals surface area contributed by atoms with Crippen LogP contribution in [0.3, 0.4) is 0 Å². The second kappa shape index (κ2) is 0.673. The highest BCUT2D eigenvalue weighted by Crippen LogP contribution is 1.71. The van der Waals surface area contributed by atoms with E-state index in [1.54, 1.807) is 4.63 Å². The van der Waals surface area contributed by atoms with Crippen molar-refractivity contribution in [2.45, 2.75) is 0 Å². The van der Waals surface area contributed by atoms with Crippen molar-refractivity contribution in [2.75, 3.05) is 0 Å². The van der Waals surface area contributed by atoms with Crippen LogP contribution in [-0.4, -0.2) is 30.1 Å². The predicted molar refractivity (Wildman–Crippen MR) is 18.6 cm³/mol. The number of fused-ring (bicyclic) bond motifs is 1. The van der Waals surface area contributed by atoms with Crippen molar-refractivity contribution >= 4 is 0 Å². The Hall–Kier alpha value is -1.33. The Morgan fingerprint density at radius 3 is 3.14 bits per heavy atom. The molecule has 2 rings (SSSR count). The molecule has 6 nitrogen and oxygen atoms in total. The van der Waals surface area contributed by atoms with Gasteiger partial charge in [-0.1, -0.05) is 0 Å². The van der Waals surface area contributed by atoms with Crippen LogP contribution >= 0.6 is 0 Å². The normalized spacial score (nSPS) is 10.9. The minimum absolute atomic E-state index is 1.45. The summed E-state index contributed by atoms with van der Waals surface area (Å²) in [6.07, 6.45) is 1.52. The molecule has 0 aliphatic carbocycles.